The second kappa shape index (κ2) is 9.19. The molecule has 3 N–H and O–H groups in total. The second-order valence-electron chi connectivity index (χ2n) is 5.84. The summed E-state index contributed by atoms with van der Waals surface area (Å²) in [6.45, 7) is 1.56. The first kappa shape index (κ1) is 19.0. The van der Waals surface area contributed by atoms with Crippen LogP contribution in [0.4, 0.5) is 0 Å². The SMILES string of the molecule is COc1cccc(CNC(=O)C[C@H]2C=C[C@H](NC(C)=O)[C@@H](CO)O2)c1. The Bertz CT molecular complexity index is 632. The molecule has 25 heavy (non-hydrogen) atoms. The first-order valence-electron chi connectivity index (χ1n) is 8.13. The largest absolute Gasteiger partial charge is 0.497 e. The number of hydrogen-bond acceptors (Lipinski definition) is 5. The van der Waals surface area contributed by atoms with Crippen molar-refractivity contribution in [2.24, 2.45) is 0 Å². The number of carbonyl (C=O) groups is 2. The van der Waals surface area contributed by atoms with E-state index in [1.807, 2.05) is 24.3 Å². The van der Waals surface area contributed by atoms with Crippen LogP contribution < -0.4 is 15.4 Å². The van der Waals surface area contributed by atoms with Gasteiger partial charge in [0.25, 0.3) is 0 Å². The van der Waals surface area contributed by atoms with E-state index in [2.05, 4.69) is 10.6 Å². The highest BCUT2D eigenvalue weighted by atomic mass is 16.5. The van der Waals surface area contributed by atoms with Gasteiger partial charge in [0.05, 0.1) is 32.3 Å². The third-order valence-electron chi connectivity index (χ3n) is 3.84. The summed E-state index contributed by atoms with van der Waals surface area (Å²) in [5.74, 6) is 0.374. The molecular formula is C18H24N2O5. The molecule has 0 radical (unpaired) electrons. The van der Waals surface area contributed by atoms with Crippen molar-refractivity contribution < 1.29 is 24.2 Å². The molecule has 0 aromatic heterocycles. The van der Waals surface area contributed by atoms with Crippen LogP contribution >= 0.6 is 0 Å². The molecule has 136 valence electrons. The van der Waals surface area contributed by atoms with Gasteiger partial charge in [-0.05, 0) is 17.7 Å². The lowest BCUT2D eigenvalue weighted by Crippen LogP contribution is -2.48. The molecule has 1 aliphatic rings. The van der Waals surface area contributed by atoms with Gasteiger partial charge in [0.2, 0.25) is 11.8 Å². The molecule has 3 atom stereocenters. The smallest absolute Gasteiger partial charge is 0.223 e. The lowest BCUT2D eigenvalue weighted by molar-refractivity contribution is -0.127. The Balaban J connectivity index is 1.84. The van der Waals surface area contributed by atoms with Crippen molar-refractivity contribution in [2.75, 3.05) is 13.7 Å². The number of aliphatic hydroxyl groups excluding tert-OH is 1. The number of amides is 2. The number of methoxy groups -OCH3 is 1. The molecule has 0 saturated heterocycles. The zero-order chi connectivity index (χ0) is 18.2. The minimum absolute atomic E-state index is 0.143. The highest BCUT2D eigenvalue weighted by Gasteiger charge is 2.28. The van der Waals surface area contributed by atoms with Crippen LogP contribution in [0.1, 0.15) is 18.9 Å². The predicted octanol–water partition coefficient (Wildman–Crippen LogP) is 0.522. The monoisotopic (exact) mass is 348 g/mol. The van der Waals surface area contributed by atoms with Crippen molar-refractivity contribution in [1.29, 1.82) is 0 Å². The Kier molecular flexibility index (Phi) is 6.97. The van der Waals surface area contributed by atoms with E-state index in [-0.39, 0.29) is 24.8 Å². The van der Waals surface area contributed by atoms with E-state index in [4.69, 9.17) is 9.47 Å². The fourth-order valence-electron chi connectivity index (χ4n) is 2.61. The molecule has 1 aromatic carbocycles. The van der Waals surface area contributed by atoms with Crippen molar-refractivity contribution in [1.82, 2.24) is 10.6 Å². The standard InChI is InChI=1S/C18H24N2O5/c1-12(22)20-16-7-6-15(25-17(16)11-21)9-18(23)19-10-13-4-3-5-14(8-13)24-2/h3-8,15-17,21H,9-11H2,1-2H3,(H,19,23)(H,20,22)/t15-,16+,17-/m1/s1. The number of aliphatic hydroxyl groups is 1. The molecular weight excluding hydrogens is 324 g/mol. The summed E-state index contributed by atoms with van der Waals surface area (Å²) >= 11 is 0. The van der Waals surface area contributed by atoms with Crippen LogP contribution in [0.5, 0.6) is 5.75 Å². The van der Waals surface area contributed by atoms with Crippen molar-refractivity contribution in [3.8, 4) is 5.75 Å². The first-order valence-corrected chi connectivity index (χ1v) is 8.13. The molecule has 0 unspecified atom stereocenters. The van der Waals surface area contributed by atoms with E-state index in [0.717, 1.165) is 11.3 Å². The Hall–Kier alpha value is -2.38. The third-order valence-corrected chi connectivity index (χ3v) is 3.84. The molecule has 2 rings (SSSR count). The molecule has 7 nitrogen and oxygen atoms in total. The highest BCUT2D eigenvalue weighted by Crippen LogP contribution is 2.16. The van der Waals surface area contributed by atoms with Crippen molar-refractivity contribution in [3.05, 3.63) is 42.0 Å². The van der Waals surface area contributed by atoms with E-state index >= 15 is 0 Å². The number of benzene rings is 1. The molecule has 1 aliphatic heterocycles. The van der Waals surface area contributed by atoms with Crippen molar-refractivity contribution in [2.45, 2.75) is 38.1 Å². The Labute approximate surface area is 147 Å². The minimum Gasteiger partial charge on any atom is -0.497 e. The van der Waals surface area contributed by atoms with Crippen molar-refractivity contribution >= 4 is 11.8 Å². The van der Waals surface area contributed by atoms with E-state index in [1.165, 1.54) is 6.92 Å². The predicted molar refractivity (Wildman–Crippen MR) is 91.9 cm³/mol. The molecule has 1 heterocycles. The van der Waals surface area contributed by atoms with Gasteiger partial charge < -0.3 is 25.2 Å². The number of hydrogen-bond donors (Lipinski definition) is 3. The second-order valence-corrected chi connectivity index (χ2v) is 5.84. The van der Waals surface area contributed by atoms with Gasteiger partial charge in [0, 0.05) is 13.5 Å². The van der Waals surface area contributed by atoms with Crippen LogP contribution in [-0.2, 0) is 20.9 Å². The van der Waals surface area contributed by atoms with E-state index < -0.39 is 18.2 Å². The summed E-state index contributed by atoms with van der Waals surface area (Å²) < 4.78 is 10.8. The summed E-state index contributed by atoms with van der Waals surface area (Å²) in [6, 6.07) is 7.07. The molecule has 0 aliphatic carbocycles. The molecule has 2 amide bonds. The fraction of sp³-hybridized carbons (Fsp3) is 0.444. The van der Waals surface area contributed by atoms with Crippen LogP contribution in [0, 0.1) is 0 Å². The van der Waals surface area contributed by atoms with Crippen LogP contribution in [0.3, 0.4) is 0 Å². The van der Waals surface area contributed by atoms with Gasteiger partial charge in [0.15, 0.2) is 0 Å². The third kappa shape index (κ3) is 5.88. The summed E-state index contributed by atoms with van der Waals surface area (Å²) in [6.07, 6.45) is 2.63. The zero-order valence-electron chi connectivity index (χ0n) is 14.4. The summed E-state index contributed by atoms with van der Waals surface area (Å²) in [5.41, 5.74) is 0.937. The van der Waals surface area contributed by atoms with Crippen molar-refractivity contribution in [3.63, 3.8) is 0 Å². The van der Waals surface area contributed by atoms with E-state index in [0.29, 0.717) is 6.54 Å². The number of ether oxygens (including phenoxy) is 2. The molecule has 0 saturated carbocycles. The van der Waals surface area contributed by atoms with Gasteiger partial charge in [-0.3, -0.25) is 9.59 Å². The van der Waals surface area contributed by atoms with Gasteiger partial charge >= 0.3 is 0 Å². The highest BCUT2D eigenvalue weighted by molar-refractivity contribution is 5.77. The minimum atomic E-state index is -0.565. The Morgan fingerprint density at radius 1 is 1.32 bits per heavy atom. The summed E-state index contributed by atoms with van der Waals surface area (Å²) in [4.78, 5) is 23.2. The van der Waals surface area contributed by atoms with Gasteiger partial charge in [-0.25, -0.2) is 0 Å². The summed E-state index contributed by atoms with van der Waals surface area (Å²) in [5, 5.41) is 14.9. The summed E-state index contributed by atoms with van der Waals surface area (Å²) in [7, 11) is 1.59. The average Bonchev–Trinajstić information content (AvgIpc) is 2.61. The van der Waals surface area contributed by atoms with Gasteiger partial charge in [-0.1, -0.05) is 24.3 Å². The zero-order valence-corrected chi connectivity index (χ0v) is 14.4. The lowest BCUT2D eigenvalue weighted by Gasteiger charge is -2.31. The Morgan fingerprint density at radius 3 is 2.80 bits per heavy atom. The number of carbonyl (C=O) groups excluding carboxylic acids is 2. The normalized spacial score (nSPS) is 22.3. The molecule has 0 bridgehead atoms. The molecule has 7 heteroatoms. The maximum atomic E-state index is 12.1. The maximum Gasteiger partial charge on any atom is 0.223 e. The van der Waals surface area contributed by atoms with Gasteiger partial charge in [-0.2, -0.15) is 0 Å². The van der Waals surface area contributed by atoms with E-state index in [1.54, 1.807) is 19.3 Å². The maximum absolute atomic E-state index is 12.1. The van der Waals surface area contributed by atoms with Crippen LogP contribution in [0.25, 0.3) is 0 Å². The number of nitrogens with one attached hydrogen (secondary N) is 2. The first-order chi connectivity index (χ1) is 12.0. The van der Waals surface area contributed by atoms with Gasteiger partial charge in [-0.15, -0.1) is 0 Å². The number of rotatable bonds is 7. The fourth-order valence-corrected chi connectivity index (χ4v) is 2.61. The quantitative estimate of drug-likeness (QED) is 0.624. The molecule has 0 fully saturated rings. The van der Waals surface area contributed by atoms with Gasteiger partial charge in [0.1, 0.15) is 11.9 Å². The van der Waals surface area contributed by atoms with E-state index in [9.17, 15) is 14.7 Å². The Morgan fingerprint density at radius 2 is 2.12 bits per heavy atom. The molecule has 0 spiro atoms. The lowest BCUT2D eigenvalue weighted by atomic mass is 10.0. The topological polar surface area (TPSA) is 96.9 Å². The van der Waals surface area contributed by atoms with Crippen LogP contribution in [0.2, 0.25) is 0 Å². The molecule has 1 aromatic rings. The van der Waals surface area contributed by atoms with Crippen LogP contribution in [0.15, 0.2) is 36.4 Å². The van der Waals surface area contributed by atoms with Crippen LogP contribution in [-0.4, -0.2) is 48.9 Å². The average molecular weight is 348 g/mol.